The Hall–Kier alpha value is -3.09. The lowest BCUT2D eigenvalue weighted by atomic mass is 9.95. The smallest absolute Gasteiger partial charge is 0.201 e. The molecule has 1 aliphatic rings. The summed E-state index contributed by atoms with van der Waals surface area (Å²) in [7, 11) is 0. The average Bonchev–Trinajstić information content (AvgIpc) is 2.86. The SMILES string of the molecule is C/C=C\Oc1ccc(-c2ccc(-c3ccc(C4COC(CCC)OC4)cc3F)cc2)c(F)c1F. The largest absolute Gasteiger partial charge is 0.462 e. The third-order valence-electron chi connectivity index (χ3n) is 5.84. The lowest BCUT2D eigenvalue weighted by Gasteiger charge is -2.29. The molecule has 6 heteroatoms. The molecule has 4 rings (SSSR count). The Morgan fingerprint density at radius 3 is 2.15 bits per heavy atom. The van der Waals surface area contributed by atoms with Crippen LogP contribution in [0.4, 0.5) is 13.2 Å². The van der Waals surface area contributed by atoms with Gasteiger partial charge in [0, 0.05) is 17.0 Å². The van der Waals surface area contributed by atoms with Crippen LogP contribution in [0.5, 0.6) is 5.75 Å². The van der Waals surface area contributed by atoms with Gasteiger partial charge in [0.05, 0.1) is 19.5 Å². The van der Waals surface area contributed by atoms with Crippen LogP contribution in [0.25, 0.3) is 22.3 Å². The average molecular weight is 469 g/mol. The summed E-state index contributed by atoms with van der Waals surface area (Å²) in [4.78, 5) is 0. The first-order valence-electron chi connectivity index (χ1n) is 11.4. The Morgan fingerprint density at radius 1 is 0.882 bits per heavy atom. The van der Waals surface area contributed by atoms with Gasteiger partial charge in [0.25, 0.3) is 0 Å². The molecule has 3 aromatic rings. The fraction of sp³-hybridized carbons (Fsp3) is 0.286. The van der Waals surface area contributed by atoms with E-state index in [1.165, 1.54) is 24.5 Å². The minimum atomic E-state index is -1.06. The van der Waals surface area contributed by atoms with Gasteiger partial charge < -0.3 is 14.2 Å². The van der Waals surface area contributed by atoms with Crippen LogP contribution in [0.3, 0.4) is 0 Å². The zero-order valence-electron chi connectivity index (χ0n) is 19.2. The van der Waals surface area contributed by atoms with E-state index in [4.69, 9.17) is 14.2 Å². The Balaban J connectivity index is 1.51. The predicted molar refractivity (Wildman–Crippen MR) is 126 cm³/mol. The van der Waals surface area contributed by atoms with E-state index in [1.807, 2.05) is 6.07 Å². The number of rotatable bonds is 7. The van der Waals surface area contributed by atoms with Gasteiger partial charge in [-0.3, -0.25) is 0 Å². The molecule has 0 atom stereocenters. The third-order valence-corrected chi connectivity index (χ3v) is 5.84. The second-order valence-electron chi connectivity index (χ2n) is 8.22. The van der Waals surface area contributed by atoms with Crippen LogP contribution in [0, 0.1) is 17.5 Å². The molecule has 3 aromatic carbocycles. The van der Waals surface area contributed by atoms with Crippen molar-refractivity contribution < 1.29 is 27.4 Å². The second kappa shape index (κ2) is 10.9. The maximum absolute atomic E-state index is 15.0. The zero-order valence-corrected chi connectivity index (χ0v) is 19.2. The standard InChI is InChI=1S/C28H27F3O3/c1-3-5-26-33-16-21(17-34-26)20-10-11-22(24(29)15-20)18-6-8-19(9-7-18)23-12-13-25(32-14-4-2)28(31)27(23)30/h4,6-15,21,26H,3,5,16-17H2,1-2H3/b14-4-. The zero-order chi connectivity index (χ0) is 24.1. The number of halogens is 3. The summed E-state index contributed by atoms with van der Waals surface area (Å²) in [6.45, 7) is 4.78. The molecule has 178 valence electrons. The summed E-state index contributed by atoms with van der Waals surface area (Å²) in [5, 5.41) is 0. The molecule has 1 heterocycles. The molecular weight excluding hydrogens is 441 g/mol. The highest BCUT2D eigenvalue weighted by Crippen LogP contribution is 2.33. The van der Waals surface area contributed by atoms with E-state index in [0.29, 0.717) is 29.9 Å². The third kappa shape index (κ3) is 5.18. The number of hydrogen-bond donors (Lipinski definition) is 0. The number of allylic oxidation sites excluding steroid dienone is 1. The molecular formula is C28H27F3O3. The van der Waals surface area contributed by atoms with E-state index in [1.54, 1.807) is 43.3 Å². The van der Waals surface area contributed by atoms with Crippen LogP contribution in [0.2, 0.25) is 0 Å². The lowest BCUT2D eigenvalue weighted by Crippen LogP contribution is -2.30. The Bertz CT molecular complexity index is 1150. The van der Waals surface area contributed by atoms with Crippen molar-refractivity contribution in [3.8, 4) is 28.0 Å². The maximum atomic E-state index is 15.0. The molecule has 0 bridgehead atoms. The molecule has 3 nitrogen and oxygen atoms in total. The van der Waals surface area contributed by atoms with Crippen molar-refractivity contribution in [2.24, 2.45) is 0 Å². The van der Waals surface area contributed by atoms with Crippen LogP contribution >= 0.6 is 0 Å². The molecule has 34 heavy (non-hydrogen) atoms. The maximum Gasteiger partial charge on any atom is 0.201 e. The normalized spacial score (nSPS) is 18.4. The fourth-order valence-corrected chi connectivity index (χ4v) is 3.97. The Labute approximate surface area is 197 Å². The molecule has 0 spiro atoms. The van der Waals surface area contributed by atoms with Crippen molar-refractivity contribution >= 4 is 0 Å². The molecule has 0 unspecified atom stereocenters. The van der Waals surface area contributed by atoms with Gasteiger partial charge in [0.15, 0.2) is 17.9 Å². The molecule has 1 aliphatic heterocycles. The summed E-state index contributed by atoms with van der Waals surface area (Å²) in [5.74, 6) is -2.62. The lowest BCUT2D eigenvalue weighted by molar-refractivity contribution is -0.189. The summed E-state index contributed by atoms with van der Waals surface area (Å²) >= 11 is 0. The highest BCUT2D eigenvalue weighted by Gasteiger charge is 2.24. The van der Waals surface area contributed by atoms with Gasteiger partial charge in [0.1, 0.15) is 5.82 Å². The summed E-state index contributed by atoms with van der Waals surface area (Å²) < 4.78 is 60.4. The molecule has 0 aliphatic carbocycles. The quantitative estimate of drug-likeness (QED) is 0.334. The van der Waals surface area contributed by atoms with Gasteiger partial charge >= 0.3 is 0 Å². The van der Waals surface area contributed by atoms with Crippen molar-refractivity contribution in [1.82, 2.24) is 0 Å². The van der Waals surface area contributed by atoms with Crippen LogP contribution in [0.15, 0.2) is 66.9 Å². The molecule has 0 amide bonds. The van der Waals surface area contributed by atoms with Crippen molar-refractivity contribution in [1.29, 1.82) is 0 Å². The first kappa shape index (κ1) is 24.0. The fourth-order valence-electron chi connectivity index (χ4n) is 3.97. The molecule has 1 saturated heterocycles. The van der Waals surface area contributed by atoms with Crippen LogP contribution in [-0.2, 0) is 9.47 Å². The Kier molecular flexibility index (Phi) is 7.70. The van der Waals surface area contributed by atoms with Crippen LogP contribution in [0.1, 0.15) is 38.2 Å². The summed E-state index contributed by atoms with van der Waals surface area (Å²) in [6, 6.07) is 14.6. The minimum absolute atomic E-state index is 0.0170. The molecule has 0 saturated carbocycles. The van der Waals surface area contributed by atoms with Crippen molar-refractivity contribution in [3.63, 3.8) is 0 Å². The van der Waals surface area contributed by atoms with Gasteiger partial charge in [-0.05, 0) is 48.2 Å². The van der Waals surface area contributed by atoms with E-state index >= 15 is 0 Å². The topological polar surface area (TPSA) is 27.7 Å². The predicted octanol–water partition coefficient (Wildman–Crippen LogP) is 7.61. The summed E-state index contributed by atoms with van der Waals surface area (Å²) in [5.41, 5.74) is 2.48. The van der Waals surface area contributed by atoms with Crippen molar-refractivity contribution in [3.05, 3.63) is 90.0 Å². The second-order valence-corrected chi connectivity index (χ2v) is 8.22. The number of ether oxygens (including phenoxy) is 3. The van der Waals surface area contributed by atoms with Gasteiger partial charge in [-0.2, -0.15) is 4.39 Å². The van der Waals surface area contributed by atoms with Gasteiger partial charge in [0.2, 0.25) is 5.82 Å². The number of benzene rings is 3. The van der Waals surface area contributed by atoms with Gasteiger partial charge in [-0.25, -0.2) is 8.78 Å². The first-order valence-corrected chi connectivity index (χ1v) is 11.4. The van der Waals surface area contributed by atoms with Crippen LogP contribution < -0.4 is 4.74 Å². The van der Waals surface area contributed by atoms with E-state index < -0.39 is 11.6 Å². The molecule has 0 radical (unpaired) electrons. The van der Waals surface area contributed by atoms with E-state index in [9.17, 15) is 13.2 Å². The van der Waals surface area contributed by atoms with Gasteiger partial charge in [-0.15, -0.1) is 0 Å². The monoisotopic (exact) mass is 468 g/mol. The van der Waals surface area contributed by atoms with Gasteiger partial charge in [-0.1, -0.05) is 55.8 Å². The van der Waals surface area contributed by atoms with Crippen molar-refractivity contribution in [2.45, 2.75) is 38.9 Å². The highest BCUT2D eigenvalue weighted by molar-refractivity contribution is 5.71. The minimum Gasteiger partial charge on any atom is -0.462 e. The highest BCUT2D eigenvalue weighted by atomic mass is 19.2. The summed E-state index contributed by atoms with van der Waals surface area (Å²) in [6.07, 6.45) is 4.51. The van der Waals surface area contributed by atoms with Crippen molar-refractivity contribution in [2.75, 3.05) is 13.2 Å². The molecule has 0 N–H and O–H groups in total. The Morgan fingerprint density at radius 2 is 1.53 bits per heavy atom. The van der Waals surface area contributed by atoms with Crippen LogP contribution in [-0.4, -0.2) is 19.5 Å². The first-order chi connectivity index (χ1) is 16.5. The van der Waals surface area contributed by atoms with E-state index in [2.05, 4.69) is 6.92 Å². The van der Waals surface area contributed by atoms with E-state index in [0.717, 1.165) is 18.4 Å². The molecule has 0 aromatic heterocycles. The molecule has 1 fully saturated rings. The number of hydrogen-bond acceptors (Lipinski definition) is 3. The van der Waals surface area contributed by atoms with E-state index in [-0.39, 0.29) is 29.3 Å².